The second-order valence-corrected chi connectivity index (χ2v) is 5.05. The molecule has 3 nitrogen and oxygen atoms in total. The van der Waals surface area contributed by atoms with Gasteiger partial charge in [-0.05, 0) is 34.8 Å². The summed E-state index contributed by atoms with van der Waals surface area (Å²) in [4.78, 5) is 15.2. The third-order valence-electron chi connectivity index (χ3n) is 2.28. The summed E-state index contributed by atoms with van der Waals surface area (Å²) in [6, 6.07) is 1.97. The van der Waals surface area contributed by atoms with Gasteiger partial charge in [-0.2, -0.15) is 4.99 Å². The third kappa shape index (κ3) is 1.52. The van der Waals surface area contributed by atoms with E-state index < -0.39 is 0 Å². The lowest BCUT2D eigenvalue weighted by atomic mass is 10.2. The van der Waals surface area contributed by atoms with Gasteiger partial charge in [-0.15, -0.1) is 11.3 Å². The van der Waals surface area contributed by atoms with Crippen LogP contribution in [0.25, 0.3) is 0 Å². The number of rotatable bonds is 3. The van der Waals surface area contributed by atoms with Gasteiger partial charge in [-0.25, -0.2) is 4.79 Å². The van der Waals surface area contributed by atoms with E-state index in [0.29, 0.717) is 0 Å². The minimum Gasteiger partial charge on any atom is -0.486 e. The second kappa shape index (κ2) is 3.50. The molecule has 0 atom stereocenters. The zero-order valence-electron chi connectivity index (χ0n) is 7.54. The molecule has 0 aromatic carbocycles. The number of thiophene rings is 1. The van der Waals surface area contributed by atoms with Gasteiger partial charge >= 0.3 is 0 Å². The van der Waals surface area contributed by atoms with Crippen LogP contribution in [0.15, 0.2) is 15.5 Å². The Morgan fingerprint density at radius 2 is 2.43 bits per heavy atom. The lowest BCUT2D eigenvalue weighted by molar-refractivity contribution is 0.425. The Morgan fingerprint density at radius 1 is 1.71 bits per heavy atom. The summed E-state index contributed by atoms with van der Waals surface area (Å²) in [7, 11) is 1.63. The second-order valence-electron chi connectivity index (χ2n) is 3.18. The summed E-state index contributed by atoms with van der Waals surface area (Å²) in [5.74, 6) is 0. The van der Waals surface area contributed by atoms with Gasteiger partial charge in [0.1, 0.15) is 5.54 Å². The zero-order chi connectivity index (χ0) is 10.2. The van der Waals surface area contributed by atoms with Crippen molar-refractivity contribution < 1.29 is 9.53 Å². The molecule has 0 radical (unpaired) electrons. The number of ether oxygens (including phenoxy) is 1. The maximum Gasteiger partial charge on any atom is 0.235 e. The van der Waals surface area contributed by atoms with E-state index >= 15 is 0 Å². The fourth-order valence-electron chi connectivity index (χ4n) is 1.34. The maximum atomic E-state index is 10.3. The molecule has 0 saturated heterocycles. The minimum absolute atomic E-state index is 0.286. The summed E-state index contributed by atoms with van der Waals surface area (Å²) in [6.45, 7) is 0. The molecule has 1 aliphatic rings. The number of aliphatic imine (C=N–C) groups is 1. The van der Waals surface area contributed by atoms with Crippen molar-refractivity contribution >= 4 is 33.3 Å². The SMILES string of the molecule is COc1sc(C2(N=C=O)CC2)cc1Br. The third-order valence-corrected chi connectivity index (χ3v) is 4.42. The Hall–Kier alpha value is -0.640. The van der Waals surface area contributed by atoms with Crippen LogP contribution in [0.5, 0.6) is 5.06 Å². The molecule has 1 fully saturated rings. The first-order valence-corrected chi connectivity index (χ1v) is 5.75. The number of hydrogen-bond donors (Lipinski definition) is 0. The van der Waals surface area contributed by atoms with Gasteiger partial charge in [0, 0.05) is 4.88 Å². The van der Waals surface area contributed by atoms with E-state index in [1.165, 1.54) is 11.3 Å². The predicted molar refractivity (Wildman–Crippen MR) is 57.6 cm³/mol. The van der Waals surface area contributed by atoms with E-state index in [9.17, 15) is 4.79 Å². The number of carbonyl (C=O) groups excluding carboxylic acids is 1. The van der Waals surface area contributed by atoms with Crippen molar-refractivity contribution in [2.45, 2.75) is 18.4 Å². The molecule has 5 heteroatoms. The van der Waals surface area contributed by atoms with Crippen LogP contribution in [0, 0.1) is 0 Å². The molecule has 0 unspecified atom stereocenters. The number of nitrogens with zero attached hydrogens (tertiary/aromatic N) is 1. The van der Waals surface area contributed by atoms with Crippen molar-refractivity contribution in [2.24, 2.45) is 4.99 Å². The van der Waals surface area contributed by atoms with Gasteiger partial charge in [0.05, 0.1) is 11.6 Å². The highest BCUT2D eigenvalue weighted by Crippen LogP contribution is 2.54. The molecule has 0 spiro atoms. The number of hydrogen-bond acceptors (Lipinski definition) is 4. The summed E-state index contributed by atoms with van der Waals surface area (Å²) >= 11 is 4.92. The van der Waals surface area contributed by atoms with Gasteiger partial charge in [0.25, 0.3) is 0 Å². The van der Waals surface area contributed by atoms with E-state index in [0.717, 1.165) is 27.3 Å². The Morgan fingerprint density at radius 3 is 2.86 bits per heavy atom. The fraction of sp³-hybridized carbons (Fsp3) is 0.444. The zero-order valence-corrected chi connectivity index (χ0v) is 9.94. The van der Waals surface area contributed by atoms with Crippen LogP contribution in [0.4, 0.5) is 0 Å². The van der Waals surface area contributed by atoms with Crippen LogP contribution < -0.4 is 4.74 Å². The predicted octanol–water partition coefficient (Wildman–Crippen LogP) is 2.84. The Balaban J connectivity index is 2.37. The van der Waals surface area contributed by atoms with Gasteiger partial charge in [-0.3, -0.25) is 0 Å². The van der Waals surface area contributed by atoms with Crippen molar-refractivity contribution in [1.29, 1.82) is 0 Å². The highest BCUT2D eigenvalue weighted by molar-refractivity contribution is 9.10. The van der Waals surface area contributed by atoms with Gasteiger partial charge in [0.2, 0.25) is 6.08 Å². The van der Waals surface area contributed by atoms with Crippen LogP contribution in [0.3, 0.4) is 0 Å². The smallest absolute Gasteiger partial charge is 0.235 e. The monoisotopic (exact) mass is 273 g/mol. The molecule has 0 aliphatic heterocycles. The van der Waals surface area contributed by atoms with Crippen molar-refractivity contribution in [3.8, 4) is 5.06 Å². The van der Waals surface area contributed by atoms with Crippen molar-refractivity contribution in [1.82, 2.24) is 0 Å². The van der Waals surface area contributed by atoms with Crippen molar-refractivity contribution in [3.63, 3.8) is 0 Å². The molecule has 1 aliphatic carbocycles. The minimum atomic E-state index is -0.286. The quantitative estimate of drug-likeness (QED) is 0.628. The number of isocyanates is 1. The molecule has 74 valence electrons. The van der Waals surface area contributed by atoms with E-state index in [-0.39, 0.29) is 5.54 Å². The molecule has 0 bridgehead atoms. The summed E-state index contributed by atoms with van der Waals surface area (Å²) in [5.41, 5.74) is -0.286. The summed E-state index contributed by atoms with van der Waals surface area (Å²) < 4.78 is 6.08. The molecular weight excluding hydrogens is 266 g/mol. The summed E-state index contributed by atoms with van der Waals surface area (Å²) in [6.07, 6.45) is 3.50. The topological polar surface area (TPSA) is 38.7 Å². The summed E-state index contributed by atoms with van der Waals surface area (Å²) in [5, 5.41) is 0.826. The highest BCUT2D eigenvalue weighted by atomic mass is 79.9. The number of halogens is 1. The average Bonchev–Trinajstić information content (AvgIpc) is 2.84. The van der Waals surface area contributed by atoms with Gasteiger partial charge < -0.3 is 4.74 Å². The van der Waals surface area contributed by atoms with Crippen molar-refractivity contribution in [2.75, 3.05) is 7.11 Å². The first-order chi connectivity index (χ1) is 6.72. The van der Waals surface area contributed by atoms with Crippen LogP contribution >= 0.6 is 27.3 Å². The average molecular weight is 274 g/mol. The lowest BCUT2D eigenvalue weighted by Gasteiger charge is -2.01. The van der Waals surface area contributed by atoms with E-state index in [2.05, 4.69) is 20.9 Å². The normalized spacial score (nSPS) is 17.3. The molecule has 1 heterocycles. The first kappa shape index (κ1) is 9.90. The van der Waals surface area contributed by atoms with Crippen LogP contribution in [0.2, 0.25) is 0 Å². The molecule has 14 heavy (non-hydrogen) atoms. The Labute approximate surface area is 93.9 Å². The molecule has 1 aromatic heterocycles. The van der Waals surface area contributed by atoms with E-state index in [1.54, 1.807) is 13.2 Å². The molecule has 0 amide bonds. The molecule has 0 N–H and O–H groups in total. The molecular formula is C9H8BrNO2S. The molecule has 1 aromatic rings. The van der Waals surface area contributed by atoms with Crippen LogP contribution in [-0.4, -0.2) is 13.2 Å². The molecule has 2 rings (SSSR count). The Bertz CT molecular complexity index is 405. The first-order valence-electron chi connectivity index (χ1n) is 4.15. The fourth-order valence-corrected chi connectivity index (χ4v) is 3.18. The molecule has 1 saturated carbocycles. The largest absolute Gasteiger partial charge is 0.486 e. The van der Waals surface area contributed by atoms with Crippen LogP contribution in [-0.2, 0) is 10.3 Å². The maximum absolute atomic E-state index is 10.3. The van der Waals surface area contributed by atoms with E-state index in [4.69, 9.17) is 4.74 Å². The van der Waals surface area contributed by atoms with Crippen molar-refractivity contribution in [3.05, 3.63) is 15.4 Å². The highest BCUT2D eigenvalue weighted by Gasteiger charge is 2.46. The van der Waals surface area contributed by atoms with Gasteiger partial charge in [-0.1, -0.05) is 0 Å². The standard InChI is InChI=1S/C9H8BrNO2S/c1-13-8-6(10)4-7(14-8)9(2-3-9)11-5-12/h4H,2-3H2,1H3. The lowest BCUT2D eigenvalue weighted by Crippen LogP contribution is -1.97. The van der Waals surface area contributed by atoms with E-state index in [1.807, 2.05) is 6.07 Å². The van der Waals surface area contributed by atoms with Crippen LogP contribution in [0.1, 0.15) is 17.7 Å². The number of methoxy groups -OCH3 is 1. The van der Waals surface area contributed by atoms with Gasteiger partial charge in [0.15, 0.2) is 5.06 Å². The Kier molecular flexibility index (Phi) is 2.47.